The van der Waals surface area contributed by atoms with Gasteiger partial charge in [-0.15, -0.1) is 0 Å². The van der Waals surface area contributed by atoms with Crippen LogP contribution in [0.2, 0.25) is 0 Å². The molecule has 1 saturated heterocycles. The van der Waals surface area contributed by atoms with Crippen LogP contribution in [-0.2, 0) is 11.2 Å². The molecule has 1 unspecified atom stereocenters. The highest BCUT2D eigenvalue weighted by Crippen LogP contribution is 2.20. The summed E-state index contributed by atoms with van der Waals surface area (Å²) in [6.07, 6.45) is 6.63. The molecular weight excluding hydrogens is 260 g/mol. The van der Waals surface area contributed by atoms with Crippen molar-refractivity contribution in [2.24, 2.45) is 0 Å². The molecule has 3 heteroatoms. The van der Waals surface area contributed by atoms with Crippen LogP contribution < -0.4 is 5.32 Å². The number of para-hydroxylation sites is 1. The Morgan fingerprint density at radius 2 is 2.10 bits per heavy atom. The monoisotopic (exact) mass is 288 g/mol. The van der Waals surface area contributed by atoms with Gasteiger partial charge in [0.25, 0.3) is 0 Å². The first-order valence-electron chi connectivity index (χ1n) is 8.36. The van der Waals surface area contributed by atoms with Crippen LogP contribution in [0.15, 0.2) is 24.3 Å². The average Bonchev–Trinajstić information content (AvgIpc) is 2.53. The van der Waals surface area contributed by atoms with Gasteiger partial charge in [0.1, 0.15) is 0 Å². The first-order chi connectivity index (χ1) is 10.2. The number of nitrogens with one attached hydrogen (secondary N) is 1. The van der Waals surface area contributed by atoms with E-state index in [2.05, 4.69) is 30.1 Å². The van der Waals surface area contributed by atoms with Gasteiger partial charge >= 0.3 is 0 Å². The lowest BCUT2D eigenvalue weighted by Gasteiger charge is -2.35. The van der Waals surface area contributed by atoms with Gasteiger partial charge in [-0.2, -0.15) is 0 Å². The minimum absolute atomic E-state index is 0.135. The maximum atomic E-state index is 12.2. The Morgan fingerprint density at radius 1 is 1.29 bits per heavy atom. The fourth-order valence-corrected chi connectivity index (χ4v) is 3.23. The van der Waals surface area contributed by atoms with E-state index in [1.807, 2.05) is 18.2 Å². The number of carbonyl (C=O) groups is 1. The molecule has 0 bridgehead atoms. The van der Waals surface area contributed by atoms with Gasteiger partial charge in [0.15, 0.2) is 0 Å². The van der Waals surface area contributed by atoms with Gasteiger partial charge in [0, 0.05) is 24.7 Å². The molecule has 0 spiro atoms. The van der Waals surface area contributed by atoms with Crippen LogP contribution in [0.3, 0.4) is 0 Å². The number of likely N-dealkylation sites (tertiary alicyclic amines) is 1. The Kier molecular flexibility index (Phi) is 6.24. The van der Waals surface area contributed by atoms with Gasteiger partial charge in [-0.1, -0.05) is 38.5 Å². The van der Waals surface area contributed by atoms with Gasteiger partial charge in [-0.05, 0) is 43.9 Å². The lowest BCUT2D eigenvalue weighted by molar-refractivity contribution is -0.116. The van der Waals surface area contributed by atoms with E-state index in [0.717, 1.165) is 25.2 Å². The third-order valence-electron chi connectivity index (χ3n) is 4.52. The molecule has 0 aliphatic carbocycles. The lowest BCUT2D eigenvalue weighted by Crippen LogP contribution is -2.40. The fourth-order valence-electron chi connectivity index (χ4n) is 3.23. The van der Waals surface area contributed by atoms with Gasteiger partial charge in [-0.3, -0.25) is 9.69 Å². The summed E-state index contributed by atoms with van der Waals surface area (Å²) in [6, 6.07) is 8.75. The smallest absolute Gasteiger partial charge is 0.225 e. The van der Waals surface area contributed by atoms with Crippen molar-refractivity contribution in [3.8, 4) is 0 Å². The predicted molar refractivity (Wildman–Crippen MR) is 88.6 cm³/mol. The van der Waals surface area contributed by atoms with E-state index in [9.17, 15) is 4.79 Å². The Morgan fingerprint density at radius 3 is 2.86 bits per heavy atom. The zero-order valence-corrected chi connectivity index (χ0v) is 13.4. The summed E-state index contributed by atoms with van der Waals surface area (Å²) in [5, 5.41) is 3.07. The van der Waals surface area contributed by atoms with E-state index in [1.54, 1.807) is 0 Å². The molecule has 1 atom stereocenters. The first kappa shape index (κ1) is 16.0. The van der Waals surface area contributed by atoms with Gasteiger partial charge in [-0.25, -0.2) is 0 Å². The second-order valence-corrected chi connectivity index (χ2v) is 5.90. The minimum atomic E-state index is 0.135. The number of amides is 1. The quantitative estimate of drug-likeness (QED) is 0.862. The molecule has 0 aromatic heterocycles. The van der Waals surface area contributed by atoms with E-state index in [0.29, 0.717) is 12.5 Å². The van der Waals surface area contributed by atoms with Crippen molar-refractivity contribution in [3.05, 3.63) is 29.8 Å². The van der Waals surface area contributed by atoms with Crippen LogP contribution in [0.25, 0.3) is 0 Å². The van der Waals surface area contributed by atoms with Gasteiger partial charge in [0.2, 0.25) is 5.91 Å². The summed E-state index contributed by atoms with van der Waals surface area (Å²) in [5.74, 6) is 0.135. The zero-order chi connectivity index (χ0) is 15.1. The van der Waals surface area contributed by atoms with E-state index in [-0.39, 0.29) is 5.91 Å². The number of anilines is 1. The summed E-state index contributed by atoms with van der Waals surface area (Å²) in [6.45, 7) is 6.40. The highest BCUT2D eigenvalue weighted by Gasteiger charge is 2.21. The molecule has 0 saturated carbocycles. The van der Waals surface area contributed by atoms with E-state index in [1.165, 1.54) is 31.2 Å². The summed E-state index contributed by atoms with van der Waals surface area (Å²) in [7, 11) is 0. The molecule has 1 aromatic carbocycles. The second kappa shape index (κ2) is 8.18. The Bertz CT molecular complexity index is 458. The highest BCUT2D eigenvalue weighted by molar-refractivity contribution is 5.91. The highest BCUT2D eigenvalue weighted by atomic mass is 16.1. The molecule has 21 heavy (non-hydrogen) atoms. The van der Waals surface area contributed by atoms with Gasteiger partial charge < -0.3 is 5.32 Å². The largest absolute Gasteiger partial charge is 0.326 e. The van der Waals surface area contributed by atoms with E-state index < -0.39 is 0 Å². The average molecular weight is 288 g/mol. The molecule has 1 fully saturated rings. The van der Waals surface area contributed by atoms with Crippen LogP contribution in [-0.4, -0.2) is 29.9 Å². The third kappa shape index (κ3) is 4.57. The zero-order valence-electron chi connectivity index (χ0n) is 13.4. The molecule has 1 aromatic rings. The number of piperidine rings is 1. The molecule has 1 amide bonds. The lowest BCUT2D eigenvalue weighted by atomic mass is 10.00. The minimum Gasteiger partial charge on any atom is -0.326 e. The molecular formula is C18H28N2O. The van der Waals surface area contributed by atoms with Crippen molar-refractivity contribution >= 4 is 11.6 Å². The first-order valence-corrected chi connectivity index (χ1v) is 8.36. The Labute approximate surface area is 128 Å². The van der Waals surface area contributed by atoms with Crippen LogP contribution in [0.4, 0.5) is 5.69 Å². The van der Waals surface area contributed by atoms with E-state index >= 15 is 0 Å². The topological polar surface area (TPSA) is 32.3 Å². The van der Waals surface area contributed by atoms with Crippen molar-refractivity contribution in [2.45, 2.75) is 58.4 Å². The molecule has 0 radical (unpaired) electrons. The molecule has 3 nitrogen and oxygen atoms in total. The molecule has 116 valence electrons. The Hall–Kier alpha value is -1.35. The number of nitrogens with zero attached hydrogens (tertiary/aromatic N) is 1. The summed E-state index contributed by atoms with van der Waals surface area (Å²) in [4.78, 5) is 14.7. The Balaban J connectivity index is 1.84. The third-order valence-corrected chi connectivity index (χ3v) is 4.52. The molecule has 1 aliphatic rings. The van der Waals surface area contributed by atoms with Crippen molar-refractivity contribution in [1.82, 2.24) is 4.90 Å². The normalized spacial score (nSPS) is 19.4. The molecule has 1 aliphatic heterocycles. The van der Waals surface area contributed by atoms with Crippen molar-refractivity contribution in [2.75, 3.05) is 18.4 Å². The van der Waals surface area contributed by atoms with Gasteiger partial charge in [0.05, 0.1) is 0 Å². The number of hydrogen-bond donors (Lipinski definition) is 1. The summed E-state index contributed by atoms with van der Waals surface area (Å²) in [5.41, 5.74) is 2.17. The van der Waals surface area contributed by atoms with Crippen molar-refractivity contribution in [1.29, 1.82) is 0 Å². The number of hydrogen-bond acceptors (Lipinski definition) is 2. The summed E-state index contributed by atoms with van der Waals surface area (Å²) < 4.78 is 0. The number of benzene rings is 1. The molecule has 1 heterocycles. The standard InChI is InChI=1S/C18H28N2O/c1-3-15-9-5-6-11-17(15)19-18(21)12-14-20-13-8-7-10-16(20)4-2/h5-6,9,11,16H,3-4,7-8,10,12-14H2,1-2H3,(H,19,21). The van der Waals surface area contributed by atoms with Crippen molar-refractivity contribution < 1.29 is 4.79 Å². The number of rotatable bonds is 6. The van der Waals surface area contributed by atoms with Crippen molar-refractivity contribution in [3.63, 3.8) is 0 Å². The van der Waals surface area contributed by atoms with E-state index in [4.69, 9.17) is 0 Å². The second-order valence-electron chi connectivity index (χ2n) is 5.90. The predicted octanol–water partition coefficient (Wildman–Crippen LogP) is 3.84. The van der Waals surface area contributed by atoms with Crippen LogP contribution in [0, 0.1) is 0 Å². The van der Waals surface area contributed by atoms with Crippen LogP contribution in [0.1, 0.15) is 51.5 Å². The SMILES string of the molecule is CCc1ccccc1NC(=O)CCN1CCCCC1CC. The molecule has 2 rings (SSSR count). The number of carbonyl (C=O) groups excluding carboxylic acids is 1. The van der Waals surface area contributed by atoms with Crippen LogP contribution >= 0.6 is 0 Å². The number of aryl methyl sites for hydroxylation is 1. The maximum absolute atomic E-state index is 12.2. The molecule has 1 N–H and O–H groups in total. The maximum Gasteiger partial charge on any atom is 0.225 e. The van der Waals surface area contributed by atoms with Crippen LogP contribution in [0.5, 0.6) is 0 Å². The summed E-state index contributed by atoms with van der Waals surface area (Å²) >= 11 is 0. The fraction of sp³-hybridized carbons (Fsp3) is 0.611.